The van der Waals surface area contributed by atoms with E-state index in [1.54, 1.807) is 18.2 Å². The van der Waals surface area contributed by atoms with Gasteiger partial charge in [0.05, 0.1) is 16.2 Å². The highest BCUT2D eigenvalue weighted by Gasteiger charge is 2.23. The van der Waals surface area contributed by atoms with E-state index in [1.165, 1.54) is 43.5 Å². The van der Waals surface area contributed by atoms with Gasteiger partial charge >= 0.3 is 0 Å². The molecule has 9 heteroatoms. The Bertz CT molecular complexity index is 1640. The van der Waals surface area contributed by atoms with E-state index in [4.69, 9.17) is 4.74 Å². The van der Waals surface area contributed by atoms with E-state index in [0.717, 1.165) is 42.7 Å². The van der Waals surface area contributed by atoms with Crippen LogP contribution in [0.2, 0.25) is 0 Å². The fourth-order valence-corrected chi connectivity index (χ4v) is 6.02. The molecular weight excluding hydrogens is 553 g/mol. The first-order chi connectivity index (χ1) is 20.2. The second-order valence-electron chi connectivity index (χ2n) is 10.8. The number of amides is 1. The zero-order chi connectivity index (χ0) is 29.7. The number of halogens is 1. The van der Waals surface area contributed by atoms with E-state index in [-0.39, 0.29) is 17.4 Å². The zero-order valence-corrected chi connectivity index (χ0v) is 24.8. The van der Waals surface area contributed by atoms with Gasteiger partial charge in [-0.2, -0.15) is 0 Å². The standard InChI is InChI=1S/C33H36FN3O4S/c1-24-30(33(38)35-27-12-14-28(15-13-27)42(2,39)40)22-37(20-19-36-17-7-4-8-18-36)32(24)29-16-11-26(34)21-31(29)41-23-25-9-5-3-6-10-25/h3,5-6,9-16,21-22H,4,7-8,17-20,23H2,1-2H3,(H,35,38). The molecule has 0 bridgehead atoms. The molecule has 0 aliphatic carbocycles. The Morgan fingerprint density at radius 1 is 0.952 bits per heavy atom. The molecule has 1 amide bonds. The summed E-state index contributed by atoms with van der Waals surface area (Å²) < 4.78 is 46.3. The van der Waals surface area contributed by atoms with Crippen molar-refractivity contribution in [2.24, 2.45) is 0 Å². The summed E-state index contributed by atoms with van der Waals surface area (Å²) in [6.45, 7) is 5.75. The number of benzene rings is 3. The van der Waals surface area contributed by atoms with Crippen molar-refractivity contribution >= 4 is 21.4 Å². The summed E-state index contributed by atoms with van der Waals surface area (Å²) in [5.74, 6) is -0.310. The van der Waals surface area contributed by atoms with Gasteiger partial charge in [-0.3, -0.25) is 4.79 Å². The molecule has 42 heavy (non-hydrogen) atoms. The number of hydrogen-bond donors (Lipinski definition) is 1. The van der Waals surface area contributed by atoms with E-state index in [2.05, 4.69) is 14.8 Å². The van der Waals surface area contributed by atoms with E-state index < -0.39 is 15.7 Å². The maximum Gasteiger partial charge on any atom is 0.257 e. The van der Waals surface area contributed by atoms with Crippen LogP contribution in [-0.4, -0.2) is 49.7 Å². The Hall–Kier alpha value is -3.95. The number of carbonyl (C=O) groups is 1. The van der Waals surface area contributed by atoms with Crippen LogP contribution in [0, 0.1) is 12.7 Å². The molecule has 3 aromatic carbocycles. The molecule has 0 saturated carbocycles. The van der Waals surface area contributed by atoms with E-state index in [1.807, 2.05) is 43.5 Å². The summed E-state index contributed by atoms with van der Waals surface area (Å²) in [4.78, 5) is 16.1. The SMILES string of the molecule is Cc1c(C(=O)Nc2ccc(S(C)(=O)=O)cc2)cn(CCN2CCCCC2)c1-c1ccc(F)cc1OCc1ccccc1. The molecule has 2 heterocycles. The number of sulfone groups is 1. The van der Waals surface area contributed by atoms with Crippen molar-refractivity contribution in [1.29, 1.82) is 0 Å². The molecular formula is C33H36FN3O4S. The van der Waals surface area contributed by atoms with Crippen molar-refractivity contribution in [3.8, 4) is 17.0 Å². The Morgan fingerprint density at radius 3 is 2.36 bits per heavy atom. The lowest BCUT2D eigenvalue weighted by Gasteiger charge is -2.27. The van der Waals surface area contributed by atoms with Crippen LogP contribution in [0.25, 0.3) is 11.3 Å². The van der Waals surface area contributed by atoms with Crippen LogP contribution in [0.15, 0.2) is 83.9 Å². The molecule has 1 fully saturated rings. The molecule has 220 valence electrons. The third-order valence-electron chi connectivity index (χ3n) is 7.66. The predicted octanol–water partition coefficient (Wildman–Crippen LogP) is 6.32. The fourth-order valence-electron chi connectivity index (χ4n) is 5.38. The first-order valence-electron chi connectivity index (χ1n) is 14.2. The molecule has 0 unspecified atom stereocenters. The summed E-state index contributed by atoms with van der Waals surface area (Å²) in [6.07, 6.45) is 6.60. The second-order valence-corrected chi connectivity index (χ2v) is 12.8. The summed E-state index contributed by atoms with van der Waals surface area (Å²) in [7, 11) is -3.34. The van der Waals surface area contributed by atoms with Crippen molar-refractivity contribution < 1.29 is 22.3 Å². The van der Waals surface area contributed by atoms with Gasteiger partial charge in [-0.15, -0.1) is 0 Å². The maximum atomic E-state index is 14.5. The number of rotatable bonds is 10. The number of anilines is 1. The highest BCUT2D eigenvalue weighted by molar-refractivity contribution is 7.90. The normalized spacial score (nSPS) is 14.1. The Balaban J connectivity index is 1.48. The van der Waals surface area contributed by atoms with Crippen LogP contribution in [0.3, 0.4) is 0 Å². The lowest BCUT2D eigenvalue weighted by Crippen LogP contribution is -2.32. The number of hydrogen-bond acceptors (Lipinski definition) is 5. The smallest absolute Gasteiger partial charge is 0.257 e. The van der Waals surface area contributed by atoms with Crippen molar-refractivity contribution in [3.63, 3.8) is 0 Å². The van der Waals surface area contributed by atoms with Crippen LogP contribution < -0.4 is 10.1 Å². The number of likely N-dealkylation sites (tertiary alicyclic amines) is 1. The van der Waals surface area contributed by atoms with Gasteiger partial charge in [0.25, 0.3) is 5.91 Å². The molecule has 1 aromatic heterocycles. The molecule has 0 spiro atoms. The summed E-state index contributed by atoms with van der Waals surface area (Å²) in [5.41, 5.74) is 4.19. The largest absolute Gasteiger partial charge is 0.488 e. The highest BCUT2D eigenvalue weighted by atomic mass is 32.2. The Labute approximate surface area is 246 Å². The topological polar surface area (TPSA) is 80.6 Å². The van der Waals surface area contributed by atoms with Crippen LogP contribution in [0.1, 0.15) is 40.7 Å². The molecule has 7 nitrogen and oxygen atoms in total. The molecule has 5 rings (SSSR count). The van der Waals surface area contributed by atoms with Gasteiger partial charge in [0.2, 0.25) is 0 Å². The molecule has 1 aliphatic heterocycles. The number of nitrogens with zero attached hydrogens (tertiary/aromatic N) is 2. The lowest BCUT2D eigenvalue weighted by atomic mass is 10.0. The number of ether oxygens (including phenoxy) is 1. The van der Waals surface area contributed by atoms with E-state index in [9.17, 15) is 17.6 Å². The monoisotopic (exact) mass is 589 g/mol. The van der Waals surface area contributed by atoms with Gasteiger partial charge in [0.15, 0.2) is 9.84 Å². The summed E-state index contributed by atoms with van der Waals surface area (Å²) >= 11 is 0. The zero-order valence-electron chi connectivity index (χ0n) is 24.0. The van der Waals surface area contributed by atoms with Gasteiger partial charge < -0.3 is 19.5 Å². The highest BCUT2D eigenvalue weighted by Crippen LogP contribution is 2.36. The molecule has 0 radical (unpaired) electrons. The first-order valence-corrected chi connectivity index (χ1v) is 16.1. The number of piperidine rings is 1. The van der Waals surface area contributed by atoms with Crippen molar-refractivity contribution in [2.45, 2.75) is 44.2 Å². The average Bonchev–Trinajstić information content (AvgIpc) is 3.31. The molecule has 0 atom stereocenters. The third kappa shape index (κ3) is 7.09. The number of aromatic nitrogens is 1. The van der Waals surface area contributed by atoms with Crippen molar-refractivity contribution in [2.75, 3.05) is 31.2 Å². The van der Waals surface area contributed by atoms with Crippen LogP contribution >= 0.6 is 0 Å². The minimum absolute atomic E-state index is 0.183. The first kappa shape index (κ1) is 29.5. The minimum Gasteiger partial charge on any atom is -0.488 e. The van der Waals surface area contributed by atoms with Crippen molar-refractivity contribution in [3.05, 3.63) is 102 Å². The third-order valence-corrected chi connectivity index (χ3v) is 8.79. The van der Waals surface area contributed by atoms with Gasteiger partial charge in [0, 0.05) is 42.9 Å². The summed E-state index contributed by atoms with van der Waals surface area (Å²) in [6, 6.07) is 20.3. The Kier molecular flexibility index (Phi) is 9.09. The van der Waals surface area contributed by atoms with Crippen LogP contribution in [0.4, 0.5) is 10.1 Å². The van der Waals surface area contributed by atoms with E-state index in [0.29, 0.717) is 29.1 Å². The molecule has 1 N–H and O–H groups in total. The molecule has 1 aliphatic rings. The molecule has 4 aromatic rings. The summed E-state index contributed by atoms with van der Waals surface area (Å²) in [5, 5.41) is 2.90. The average molecular weight is 590 g/mol. The van der Waals surface area contributed by atoms with Gasteiger partial charge in [-0.25, -0.2) is 12.8 Å². The number of carbonyl (C=O) groups excluding carboxylic acids is 1. The van der Waals surface area contributed by atoms with Gasteiger partial charge in [-0.1, -0.05) is 36.8 Å². The lowest BCUT2D eigenvalue weighted by molar-refractivity contribution is 0.102. The van der Waals surface area contributed by atoms with Crippen molar-refractivity contribution in [1.82, 2.24) is 9.47 Å². The molecule has 1 saturated heterocycles. The van der Waals surface area contributed by atoms with Crippen LogP contribution in [-0.2, 0) is 23.0 Å². The van der Waals surface area contributed by atoms with Crippen LogP contribution in [0.5, 0.6) is 5.75 Å². The fraction of sp³-hybridized carbons (Fsp3) is 0.303. The quantitative estimate of drug-likeness (QED) is 0.234. The minimum atomic E-state index is -3.34. The predicted molar refractivity (Wildman–Crippen MR) is 163 cm³/mol. The van der Waals surface area contributed by atoms with E-state index >= 15 is 0 Å². The Morgan fingerprint density at radius 2 is 1.67 bits per heavy atom. The number of nitrogens with one attached hydrogen (secondary N) is 1. The second kappa shape index (κ2) is 12.9. The maximum absolute atomic E-state index is 14.5. The van der Waals surface area contributed by atoms with Gasteiger partial charge in [-0.05, 0) is 80.4 Å². The van der Waals surface area contributed by atoms with Gasteiger partial charge in [0.1, 0.15) is 18.2 Å².